The topological polar surface area (TPSA) is 87.7 Å². The molecule has 0 spiro atoms. The highest BCUT2D eigenvalue weighted by atomic mass is 35.5. The van der Waals surface area contributed by atoms with E-state index in [0.717, 1.165) is 0 Å². The summed E-state index contributed by atoms with van der Waals surface area (Å²) in [5, 5.41) is 19.0. The SMILES string of the molecule is O=C(O)c1c(O)cc(=O)oc1-c1ccc(Cl)cc1. The number of aromatic carboxylic acids is 1. The van der Waals surface area contributed by atoms with Gasteiger partial charge in [-0.2, -0.15) is 0 Å². The van der Waals surface area contributed by atoms with Crippen LogP contribution >= 0.6 is 11.6 Å². The van der Waals surface area contributed by atoms with Crippen LogP contribution in [-0.2, 0) is 0 Å². The Morgan fingerprint density at radius 1 is 1.22 bits per heavy atom. The van der Waals surface area contributed by atoms with Gasteiger partial charge in [-0.05, 0) is 24.3 Å². The molecule has 6 heteroatoms. The molecule has 0 fully saturated rings. The quantitative estimate of drug-likeness (QED) is 0.871. The first-order valence-electron chi connectivity index (χ1n) is 4.85. The van der Waals surface area contributed by atoms with E-state index >= 15 is 0 Å². The van der Waals surface area contributed by atoms with Crippen molar-refractivity contribution < 1.29 is 19.4 Å². The summed E-state index contributed by atoms with van der Waals surface area (Å²) in [5.41, 5.74) is -0.954. The highest BCUT2D eigenvalue weighted by molar-refractivity contribution is 6.30. The first kappa shape index (κ1) is 12.2. The van der Waals surface area contributed by atoms with Crippen molar-refractivity contribution >= 4 is 17.6 Å². The lowest BCUT2D eigenvalue weighted by Crippen LogP contribution is -2.06. The second kappa shape index (κ2) is 4.54. The second-order valence-corrected chi connectivity index (χ2v) is 3.90. The van der Waals surface area contributed by atoms with Crippen LogP contribution in [0.15, 0.2) is 39.5 Å². The Kier molecular flexibility index (Phi) is 3.08. The monoisotopic (exact) mass is 266 g/mol. The number of hydrogen-bond donors (Lipinski definition) is 2. The summed E-state index contributed by atoms with van der Waals surface area (Å²) in [6, 6.07) is 6.74. The summed E-state index contributed by atoms with van der Waals surface area (Å²) >= 11 is 5.71. The third-order valence-electron chi connectivity index (χ3n) is 2.26. The second-order valence-electron chi connectivity index (χ2n) is 3.47. The third kappa shape index (κ3) is 2.21. The van der Waals surface area contributed by atoms with Gasteiger partial charge in [-0.25, -0.2) is 9.59 Å². The van der Waals surface area contributed by atoms with E-state index in [-0.39, 0.29) is 5.76 Å². The molecule has 0 saturated carbocycles. The minimum atomic E-state index is -1.39. The Morgan fingerprint density at radius 3 is 2.39 bits per heavy atom. The summed E-state index contributed by atoms with van der Waals surface area (Å²) < 4.78 is 4.84. The third-order valence-corrected chi connectivity index (χ3v) is 2.51. The zero-order valence-electron chi connectivity index (χ0n) is 8.88. The van der Waals surface area contributed by atoms with Crippen LogP contribution in [0.4, 0.5) is 0 Å². The smallest absolute Gasteiger partial charge is 0.343 e. The summed E-state index contributed by atoms with van der Waals surface area (Å²) in [7, 11) is 0. The maximum absolute atomic E-state index is 11.2. The molecule has 0 unspecified atom stereocenters. The number of halogens is 1. The van der Waals surface area contributed by atoms with E-state index in [9.17, 15) is 14.7 Å². The molecule has 0 atom stereocenters. The normalized spacial score (nSPS) is 10.3. The van der Waals surface area contributed by atoms with Gasteiger partial charge in [0, 0.05) is 10.6 Å². The summed E-state index contributed by atoms with van der Waals surface area (Å²) in [5.74, 6) is -2.23. The lowest BCUT2D eigenvalue weighted by molar-refractivity contribution is 0.0692. The molecular weight excluding hydrogens is 260 g/mol. The van der Waals surface area contributed by atoms with Crippen LogP contribution in [0, 0.1) is 0 Å². The number of hydrogen-bond acceptors (Lipinski definition) is 4. The molecule has 0 radical (unpaired) electrons. The standard InChI is InChI=1S/C12H7ClO5/c13-7-3-1-6(2-4-7)11-10(12(16)17)8(14)5-9(15)18-11/h1-5,14H,(H,16,17). The summed E-state index contributed by atoms with van der Waals surface area (Å²) in [4.78, 5) is 22.2. The van der Waals surface area contributed by atoms with Crippen LogP contribution in [0.1, 0.15) is 10.4 Å². The molecule has 1 aromatic heterocycles. The van der Waals surface area contributed by atoms with Gasteiger partial charge in [0.15, 0.2) is 5.76 Å². The van der Waals surface area contributed by atoms with Gasteiger partial charge in [-0.3, -0.25) is 0 Å². The maximum Gasteiger partial charge on any atom is 0.343 e. The Morgan fingerprint density at radius 2 is 1.83 bits per heavy atom. The molecule has 0 aliphatic heterocycles. The minimum absolute atomic E-state index is 0.204. The molecule has 0 bridgehead atoms. The van der Waals surface area contributed by atoms with Crippen molar-refractivity contribution in [3.63, 3.8) is 0 Å². The Bertz CT molecular complexity index is 657. The van der Waals surface area contributed by atoms with E-state index in [1.54, 1.807) is 0 Å². The van der Waals surface area contributed by atoms with E-state index in [2.05, 4.69) is 0 Å². The number of benzene rings is 1. The highest BCUT2D eigenvalue weighted by Crippen LogP contribution is 2.29. The van der Waals surface area contributed by atoms with Crippen LogP contribution in [0.5, 0.6) is 5.75 Å². The van der Waals surface area contributed by atoms with Gasteiger partial charge in [-0.15, -0.1) is 0 Å². The molecule has 0 saturated heterocycles. The van der Waals surface area contributed by atoms with E-state index in [4.69, 9.17) is 21.1 Å². The van der Waals surface area contributed by atoms with Gasteiger partial charge in [-0.1, -0.05) is 11.6 Å². The first-order valence-corrected chi connectivity index (χ1v) is 5.23. The molecule has 1 aromatic carbocycles. The minimum Gasteiger partial charge on any atom is -0.507 e. The summed E-state index contributed by atoms with van der Waals surface area (Å²) in [6.45, 7) is 0. The average molecular weight is 267 g/mol. The molecule has 0 aliphatic carbocycles. The van der Waals surface area contributed by atoms with Gasteiger partial charge in [0.25, 0.3) is 0 Å². The van der Waals surface area contributed by atoms with Crippen molar-refractivity contribution in [3.8, 4) is 17.1 Å². The van der Waals surface area contributed by atoms with Crippen LogP contribution in [0.25, 0.3) is 11.3 Å². The number of aromatic hydroxyl groups is 1. The number of carboxylic acid groups (broad SMARTS) is 1. The highest BCUT2D eigenvalue weighted by Gasteiger charge is 2.20. The largest absolute Gasteiger partial charge is 0.507 e. The number of rotatable bonds is 2. The molecule has 2 rings (SSSR count). The van der Waals surface area contributed by atoms with Gasteiger partial charge >= 0.3 is 11.6 Å². The van der Waals surface area contributed by atoms with Crippen molar-refractivity contribution in [1.29, 1.82) is 0 Å². The van der Waals surface area contributed by atoms with Gasteiger partial charge in [0.1, 0.15) is 11.3 Å². The molecule has 1 heterocycles. The van der Waals surface area contributed by atoms with Crippen molar-refractivity contribution in [3.05, 3.63) is 51.3 Å². The lowest BCUT2D eigenvalue weighted by atomic mass is 10.1. The summed E-state index contributed by atoms with van der Waals surface area (Å²) in [6.07, 6.45) is 0. The molecule has 0 amide bonds. The molecule has 2 aromatic rings. The van der Waals surface area contributed by atoms with Crippen molar-refractivity contribution in [2.75, 3.05) is 0 Å². The van der Waals surface area contributed by atoms with Crippen molar-refractivity contribution in [2.24, 2.45) is 0 Å². The van der Waals surface area contributed by atoms with Crippen LogP contribution in [0.3, 0.4) is 0 Å². The Balaban J connectivity index is 2.73. The van der Waals surface area contributed by atoms with Crippen LogP contribution < -0.4 is 5.63 Å². The number of carboxylic acids is 1. The van der Waals surface area contributed by atoms with Crippen molar-refractivity contribution in [1.82, 2.24) is 0 Å². The zero-order chi connectivity index (χ0) is 13.3. The Labute approximate surface area is 106 Å². The fourth-order valence-electron chi connectivity index (χ4n) is 1.49. The fraction of sp³-hybridized carbons (Fsp3) is 0. The lowest BCUT2D eigenvalue weighted by Gasteiger charge is -2.05. The van der Waals surface area contributed by atoms with Gasteiger partial charge in [0.05, 0.1) is 6.07 Å². The average Bonchev–Trinajstić information content (AvgIpc) is 2.28. The van der Waals surface area contributed by atoms with E-state index < -0.39 is 22.9 Å². The van der Waals surface area contributed by atoms with Gasteiger partial charge < -0.3 is 14.6 Å². The molecule has 0 aliphatic rings. The number of carbonyl (C=O) groups is 1. The van der Waals surface area contributed by atoms with E-state index in [1.165, 1.54) is 24.3 Å². The van der Waals surface area contributed by atoms with Crippen molar-refractivity contribution in [2.45, 2.75) is 0 Å². The van der Waals surface area contributed by atoms with E-state index in [1.807, 2.05) is 0 Å². The zero-order valence-corrected chi connectivity index (χ0v) is 9.64. The molecule has 2 N–H and O–H groups in total. The Hall–Kier alpha value is -2.27. The molecule has 92 valence electrons. The molecule has 18 heavy (non-hydrogen) atoms. The van der Waals surface area contributed by atoms with E-state index in [0.29, 0.717) is 16.7 Å². The molecular formula is C12H7ClO5. The fourth-order valence-corrected chi connectivity index (χ4v) is 1.62. The predicted octanol–water partition coefficient (Wildman–Crippen LogP) is 2.36. The van der Waals surface area contributed by atoms with Crippen LogP contribution in [0.2, 0.25) is 5.02 Å². The predicted molar refractivity (Wildman–Crippen MR) is 64.0 cm³/mol. The van der Waals surface area contributed by atoms with Gasteiger partial charge in [0.2, 0.25) is 0 Å². The maximum atomic E-state index is 11.2. The van der Waals surface area contributed by atoms with Crippen LogP contribution in [-0.4, -0.2) is 16.2 Å². The molecule has 5 nitrogen and oxygen atoms in total. The first-order chi connectivity index (χ1) is 8.49.